The molecule has 0 amide bonds. The summed E-state index contributed by atoms with van der Waals surface area (Å²) in [5.41, 5.74) is 7.55. The second kappa shape index (κ2) is 6.12. The smallest absolute Gasteiger partial charge is 0.398 e. The molecule has 0 saturated carbocycles. The van der Waals surface area contributed by atoms with E-state index < -0.39 is 11.7 Å². The minimum atomic E-state index is -4.44. The third kappa shape index (κ3) is 3.00. The van der Waals surface area contributed by atoms with Crippen molar-refractivity contribution >= 4 is 27.3 Å². The first-order chi connectivity index (χ1) is 11.3. The van der Waals surface area contributed by atoms with Crippen LogP contribution in [0.25, 0.3) is 5.70 Å². The molecule has 0 fully saturated rings. The molecule has 1 atom stereocenters. The number of fused-ring (bicyclic) bond motifs is 1. The van der Waals surface area contributed by atoms with E-state index in [1.807, 2.05) is 36.1 Å². The van der Waals surface area contributed by atoms with Gasteiger partial charge in [-0.1, -0.05) is 12.1 Å². The van der Waals surface area contributed by atoms with Crippen LogP contribution in [0.1, 0.15) is 23.7 Å². The van der Waals surface area contributed by atoms with E-state index in [2.05, 4.69) is 20.9 Å². The first-order valence-corrected chi connectivity index (χ1v) is 8.12. The summed E-state index contributed by atoms with van der Waals surface area (Å²) in [5.74, 6) is 0. The summed E-state index contributed by atoms with van der Waals surface area (Å²) in [6.07, 6.45) is -1.22. The number of hydrogen-bond donors (Lipinski definition) is 1. The molecule has 2 N–H and O–H groups in total. The zero-order valence-electron chi connectivity index (χ0n) is 12.8. The van der Waals surface area contributed by atoms with Crippen molar-refractivity contribution < 1.29 is 13.2 Å². The van der Waals surface area contributed by atoms with Crippen molar-refractivity contribution in [2.75, 3.05) is 4.90 Å². The topological polar surface area (TPSA) is 42.1 Å². The number of aromatic nitrogens is 1. The van der Waals surface area contributed by atoms with Gasteiger partial charge < -0.3 is 10.6 Å². The fourth-order valence-electron chi connectivity index (χ4n) is 2.89. The summed E-state index contributed by atoms with van der Waals surface area (Å²) in [6, 6.07) is 7.75. The Kier molecular flexibility index (Phi) is 4.29. The molecule has 1 aromatic heterocycles. The molecule has 1 aliphatic rings. The Morgan fingerprint density at radius 2 is 2.00 bits per heavy atom. The lowest BCUT2D eigenvalue weighted by Gasteiger charge is -2.36. The molecular weight excluding hydrogens is 383 g/mol. The highest BCUT2D eigenvalue weighted by atomic mass is 79.9. The molecule has 3 rings (SSSR count). The van der Waals surface area contributed by atoms with Crippen molar-refractivity contribution in [3.8, 4) is 0 Å². The van der Waals surface area contributed by atoms with Crippen LogP contribution in [0.2, 0.25) is 0 Å². The Hall–Kier alpha value is -2.02. The number of anilines is 1. The Morgan fingerprint density at radius 3 is 2.71 bits per heavy atom. The lowest BCUT2D eigenvalue weighted by Crippen LogP contribution is -2.36. The van der Waals surface area contributed by atoms with Gasteiger partial charge in [0.15, 0.2) is 0 Å². The molecular formula is C17H15BrF3N3. The molecule has 1 unspecified atom stereocenters. The van der Waals surface area contributed by atoms with Crippen LogP contribution in [-0.2, 0) is 12.7 Å². The summed E-state index contributed by atoms with van der Waals surface area (Å²) >= 11 is 3.48. The van der Waals surface area contributed by atoms with Gasteiger partial charge >= 0.3 is 6.18 Å². The quantitative estimate of drug-likeness (QED) is 0.806. The van der Waals surface area contributed by atoms with Gasteiger partial charge in [0.2, 0.25) is 0 Å². The molecule has 24 heavy (non-hydrogen) atoms. The zero-order chi connectivity index (χ0) is 17.5. The number of nitrogens with zero attached hydrogens (tertiary/aromatic N) is 2. The number of para-hydroxylation sites is 1. The Balaban J connectivity index is 2.07. The third-order valence-corrected chi connectivity index (χ3v) is 4.65. The molecule has 0 saturated heterocycles. The molecule has 3 nitrogen and oxygen atoms in total. The minimum absolute atomic E-state index is 0.00701. The number of halogens is 4. The normalized spacial score (nSPS) is 17.5. The van der Waals surface area contributed by atoms with Crippen molar-refractivity contribution in [2.45, 2.75) is 25.7 Å². The van der Waals surface area contributed by atoms with Crippen LogP contribution in [0.4, 0.5) is 18.9 Å². The molecule has 2 aromatic rings. The molecule has 0 bridgehead atoms. The van der Waals surface area contributed by atoms with Crippen LogP contribution < -0.4 is 10.6 Å². The first kappa shape index (κ1) is 16.8. The third-order valence-electron chi connectivity index (χ3n) is 4.01. The van der Waals surface area contributed by atoms with Gasteiger partial charge in [-0.05, 0) is 47.1 Å². The van der Waals surface area contributed by atoms with Crippen LogP contribution in [-0.4, -0.2) is 11.0 Å². The van der Waals surface area contributed by atoms with Crippen molar-refractivity contribution in [1.29, 1.82) is 0 Å². The van der Waals surface area contributed by atoms with E-state index in [4.69, 9.17) is 5.73 Å². The van der Waals surface area contributed by atoms with E-state index >= 15 is 0 Å². The maximum atomic E-state index is 13.2. The van der Waals surface area contributed by atoms with Gasteiger partial charge in [0.1, 0.15) is 0 Å². The van der Waals surface area contributed by atoms with Gasteiger partial charge in [-0.25, -0.2) is 0 Å². The zero-order valence-corrected chi connectivity index (χ0v) is 14.4. The largest absolute Gasteiger partial charge is 0.418 e. The first-order valence-electron chi connectivity index (χ1n) is 7.33. The standard InChI is InChI=1S/C17H15BrF3N3/c1-10-8-14(22)11-4-2-6-13(18)16(11)24(10)9-15-12(17(19,20)21)5-3-7-23-15/h2-8,10H,9,22H2,1H3. The highest BCUT2D eigenvalue weighted by molar-refractivity contribution is 9.10. The summed E-state index contributed by atoms with van der Waals surface area (Å²) in [4.78, 5) is 5.83. The summed E-state index contributed by atoms with van der Waals surface area (Å²) in [6.45, 7) is 1.93. The van der Waals surface area contributed by atoms with Crippen LogP contribution in [0, 0.1) is 0 Å². The average molecular weight is 398 g/mol. The van der Waals surface area contributed by atoms with Gasteiger partial charge in [-0.2, -0.15) is 13.2 Å². The SMILES string of the molecule is CC1C=C(N)c2cccc(Br)c2N1Cc1ncccc1C(F)(F)F. The fourth-order valence-corrected chi connectivity index (χ4v) is 3.48. The van der Waals surface area contributed by atoms with Gasteiger partial charge in [0, 0.05) is 28.0 Å². The van der Waals surface area contributed by atoms with E-state index in [9.17, 15) is 13.2 Å². The van der Waals surface area contributed by atoms with Crippen molar-refractivity contribution in [2.24, 2.45) is 5.73 Å². The molecule has 2 heterocycles. The van der Waals surface area contributed by atoms with Crippen LogP contribution in [0.3, 0.4) is 0 Å². The maximum Gasteiger partial charge on any atom is 0.418 e. The minimum Gasteiger partial charge on any atom is -0.398 e. The number of pyridine rings is 1. The molecule has 1 aromatic carbocycles. The van der Waals surface area contributed by atoms with E-state index in [0.29, 0.717) is 5.70 Å². The second-order valence-electron chi connectivity index (χ2n) is 5.62. The highest BCUT2D eigenvalue weighted by Gasteiger charge is 2.35. The Morgan fingerprint density at radius 1 is 1.25 bits per heavy atom. The summed E-state index contributed by atoms with van der Waals surface area (Å²) < 4.78 is 40.5. The van der Waals surface area contributed by atoms with Gasteiger partial charge in [-0.3, -0.25) is 4.98 Å². The molecule has 1 aliphatic heterocycles. The van der Waals surface area contributed by atoms with Crippen LogP contribution >= 0.6 is 15.9 Å². The van der Waals surface area contributed by atoms with E-state index in [1.165, 1.54) is 12.3 Å². The van der Waals surface area contributed by atoms with Gasteiger partial charge in [-0.15, -0.1) is 0 Å². The molecule has 126 valence electrons. The Bertz CT molecular complexity index is 802. The number of nitrogens with two attached hydrogens (primary N) is 1. The number of alkyl halides is 3. The average Bonchev–Trinajstić information content (AvgIpc) is 2.51. The van der Waals surface area contributed by atoms with Crippen molar-refractivity contribution in [3.63, 3.8) is 0 Å². The van der Waals surface area contributed by atoms with E-state index in [1.54, 1.807) is 0 Å². The monoisotopic (exact) mass is 397 g/mol. The second-order valence-corrected chi connectivity index (χ2v) is 6.48. The van der Waals surface area contributed by atoms with E-state index in [-0.39, 0.29) is 18.3 Å². The molecule has 0 radical (unpaired) electrons. The van der Waals surface area contributed by atoms with E-state index in [0.717, 1.165) is 21.8 Å². The van der Waals surface area contributed by atoms with Gasteiger partial charge in [0.05, 0.1) is 23.5 Å². The fraction of sp³-hybridized carbons (Fsp3) is 0.235. The van der Waals surface area contributed by atoms with Crippen molar-refractivity contribution in [1.82, 2.24) is 4.98 Å². The maximum absolute atomic E-state index is 13.2. The highest BCUT2D eigenvalue weighted by Crippen LogP contribution is 2.40. The van der Waals surface area contributed by atoms with Crippen LogP contribution in [0.5, 0.6) is 0 Å². The molecule has 0 aliphatic carbocycles. The summed E-state index contributed by atoms with van der Waals surface area (Å²) in [7, 11) is 0. The lowest BCUT2D eigenvalue weighted by atomic mass is 10.00. The predicted octanol–water partition coefficient (Wildman–Crippen LogP) is 4.57. The molecule has 7 heteroatoms. The number of benzene rings is 1. The lowest BCUT2D eigenvalue weighted by molar-refractivity contribution is -0.138. The summed E-state index contributed by atoms with van der Waals surface area (Å²) in [5, 5.41) is 0. The predicted molar refractivity (Wildman–Crippen MR) is 91.2 cm³/mol. The van der Waals surface area contributed by atoms with Crippen molar-refractivity contribution in [3.05, 3.63) is 63.9 Å². The number of rotatable bonds is 2. The van der Waals surface area contributed by atoms with Gasteiger partial charge in [0.25, 0.3) is 0 Å². The van der Waals surface area contributed by atoms with Crippen LogP contribution in [0.15, 0.2) is 47.1 Å². The Labute approximate surface area is 146 Å². The number of hydrogen-bond acceptors (Lipinski definition) is 3. The molecule has 0 spiro atoms.